The van der Waals surface area contributed by atoms with E-state index in [2.05, 4.69) is 5.32 Å². The van der Waals surface area contributed by atoms with Crippen LogP contribution in [0.3, 0.4) is 0 Å². The molecule has 1 fully saturated rings. The van der Waals surface area contributed by atoms with E-state index in [1.807, 2.05) is 18.2 Å². The number of rotatable bonds is 6. The number of methoxy groups -OCH3 is 2. The quantitative estimate of drug-likeness (QED) is 0.674. The van der Waals surface area contributed by atoms with E-state index in [9.17, 15) is 14.4 Å². The van der Waals surface area contributed by atoms with Crippen molar-refractivity contribution in [2.75, 3.05) is 44.1 Å². The molecule has 1 unspecified atom stereocenters. The SMILES string of the molecule is COc1cc(NC(=O)CN2C(=O)C(C(=O)N3CCCC3)Sc3ccccc32)cc(OC)c1. The third kappa shape index (κ3) is 4.52. The summed E-state index contributed by atoms with van der Waals surface area (Å²) in [5, 5.41) is 1.91. The number of nitrogens with zero attached hydrogens (tertiary/aromatic N) is 2. The van der Waals surface area contributed by atoms with Crippen molar-refractivity contribution in [2.24, 2.45) is 0 Å². The van der Waals surface area contributed by atoms with Gasteiger partial charge in [0.1, 0.15) is 18.0 Å². The second-order valence-corrected chi connectivity index (χ2v) is 8.72. The van der Waals surface area contributed by atoms with Crippen LogP contribution in [0.4, 0.5) is 11.4 Å². The Morgan fingerprint density at radius 1 is 1.06 bits per heavy atom. The predicted molar refractivity (Wildman–Crippen MR) is 122 cm³/mol. The van der Waals surface area contributed by atoms with Gasteiger partial charge in [-0.15, -0.1) is 11.8 Å². The van der Waals surface area contributed by atoms with Crippen molar-refractivity contribution >= 4 is 40.9 Å². The minimum Gasteiger partial charge on any atom is -0.497 e. The van der Waals surface area contributed by atoms with E-state index < -0.39 is 5.25 Å². The summed E-state index contributed by atoms with van der Waals surface area (Å²) in [7, 11) is 3.05. The number of carbonyl (C=O) groups excluding carboxylic acids is 3. The van der Waals surface area contributed by atoms with Crippen LogP contribution in [0.25, 0.3) is 0 Å². The fraction of sp³-hybridized carbons (Fsp3) is 0.348. The Balaban J connectivity index is 1.55. The van der Waals surface area contributed by atoms with Gasteiger partial charge in [-0.2, -0.15) is 0 Å². The first-order chi connectivity index (χ1) is 15.5. The summed E-state index contributed by atoms with van der Waals surface area (Å²) in [6.45, 7) is 1.13. The lowest BCUT2D eigenvalue weighted by molar-refractivity contribution is -0.134. The van der Waals surface area contributed by atoms with Crippen LogP contribution in [0.5, 0.6) is 11.5 Å². The molecule has 0 aromatic heterocycles. The second-order valence-electron chi connectivity index (χ2n) is 7.57. The number of nitrogens with one attached hydrogen (secondary N) is 1. The topological polar surface area (TPSA) is 88.2 Å². The van der Waals surface area contributed by atoms with Crippen molar-refractivity contribution < 1.29 is 23.9 Å². The maximum atomic E-state index is 13.3. The minimum atomic E-state index is -0.882. The van der Waals surface area contributed by atoms with Gasteiger partial charge in [-0.25, -0.2) is 0 Å². The summed E-state index contributed by atoms with van der Waals surface area (Å²) in [6.07, 6.45) is 1.90. The number of para-hydroxylation sites is 1. The van der Waals surface area contributed by atoms with Crippen molar-refractivity contribution in [3.63, 3.8) is 0 Å². The Hall–Kier alpha value is -3.20. The van der Waals surface area contributed by atoms with E-state index in [0.717, 1.165) is 17.7 Å². The number of carbonyl (C=O) groups is 3. The minimum absolute atomic E-state index is 0.185. The van der Waals surface area contributed by atoms with Crippen molar-refractivity contribution in [3.05, 3.63) is 42.5 Å². The van der Waals surface area contributed by atoms with Gasteiger partial charge >= 0.3 is 0 Å². The zero-order valence-corrected chi connectivity index (χ0v) is 18.8. The number of hydrogen-bond donors (Lipinski definition) is 1. The summed E-state index contributed by atoms with van der Waals surface area (Å²) in [5.74, 6) is 0.125. The highest BCUT2D eigenvalue weighted by molar-refractivity contribution is 8.01. The van der Waals surface area contributed by atoms with Crippen LogP contribution in [0.2, 0.25) is 0 Å². The van der Waals surface area contributed by atoms with Gasteiger partial charge in [0, 0.05) is 41.9 Å². The van der Waals surface area contributed by atoms with Crippen molar-refractivity contribution in [1.82, 2.24) is 4.90 Å². The molecule has 0 aliphatic carbocycles. The number of fused-ring (bicyclic) bond motifs is 1. The fourth-order valence-corrected chi connectivity index (χ4v) is 5.05. The Morgan fingerprint density at radius 2 is 1.72 bits per heavy atom. The maximum absolute atomic E-state index is 13.3. The third-order valence-corrected chi connectivity index (χ3v) is 6.71. The average Bonchev–Trinajstić information content (AvgIpc) is 3.35. The normalized spacial score (nSPS) is 17.7. The standard InChI is InChI=1S/C23H25N3O5S/c1-30-16-11-15(12-17(13-16)31-2)24-20(27)14-26-18-7-3-4-8-19(18)32-21(23(26)29)22(28)25-9-5-6-10-25/h3-4,7-8,11-13,21H,5-6,9-10,14H2,1-2H3,(H,24,27). The van der Waals surface area contributed by atoms with Crippen LogP contribution in [0, 0.1) is 0 Å². The summed E-state index contributed by atoms with van der Waals surface area (Å²) in [5.41, 5.74) is 1.12. The van der Waals surface area contributed by atoms with E-state index in [-0.39, 0.29) is 24.3 Å². The van der Waals surface area contributed by atoms with E-state index in [1.54, 1.807) is 29.2 Å². The van der Waals surface area contributed by atoms with Crippen LogP contribution in [0.15, 0.2) is 47.4 Å². The molecule has 0 radical (unpaired) electrons. The third-order valence-electron chi connectivity index (χ3n) is 5.47. The Labute approximate surface area is 190 Å². The number of ether oxygens (including phenoxy) is 2. The highest BCUT2D eigenvalue weighted by Crippen LogP contribution is 2.40. The van der Waals surface area contributed by atoms with Crippen LogP contribution in [0.1, 0.15) is 12.8 Å². The summed E-state index contributed by atoms with van der Waals surface area (Å²) in [6, 6.07) is 12.4. The molecule has 1 N–H and O–H groups in total. The number of likely N-dealkylation sites (tertiary alicyclic amines) is 1. The zero-order chi connectivity index (χ0) is 22.7. The molecular weight excluding hydrogens is 430 g/mol. The van der Waals surface area contributed by atoms with Gasteiger partial charge in [0.15, 0.2) is 5.25 Å². The first-order valence-electron chi connectivity index (χ1n) is 10.4. The van der Waals surface area contributed by atoms with Gasteiger partial charge in [0.2, 0.25) is 11.8 Å². The lowest BCUT2D eigenvalue weighted by atomic mass is 10.2. The number of thioether (sulfide) groups is 1. The molecule has 32 heavy (non-hydrogen) atoms. The molecule has 9 heteroatoms. The molecule has 0 saturated carbocycles. The number of amides is 3. The highest BCUT2D eigenvalue weighted by atomic mass is 32.2. The maximum Gasteiger partial charge on any atom is 0.250 e. The van der Waals surface area contributed by atoms with Gasteiger partial charge in [0.25, 0.3) is 5.91 Å². The molecule has 1 atom stereocenters. The fourth-order valence-electron chi connectivity index (χ4n) is 3.86. The Bertz CT molecular complexity index is 1020. The average molecular weight is 456 g/mol. The monoisotopic (exact) mass is 455 g/mol. The summed E-state index contributed by atoms with van der Waals surface area (Å²) >= 11 is 1.26. The number of anilines is 2. The summed E-state index contributed by atoms with van der Waals surface area (Å²) < 4.78 is 10.5. The molecule has 168 valence electrons. The van der Waals surface area contributed by atoms with E-state index >= 15 is 0 Å². The lowest BCUT2D eigenvalue weighted by Gasteiger charge is -2.34. The number of benzene rings is 2. The molecule has 2 aromatic carbocycles. The van der Waals surface area contributed by atoms with Crippen LogP contribution in [-0.4, -0.2) is 61.7 Å². The summed E-state index contributed by atoms with van der Waals surface area (Å²) in [4.78, 5) is 43.2. The van der Waals surface area contributed by atoms with Crippen molar-refractivity contribution in [2.45, 2.75) is 23.0 Å². The van der Waals surface area contributed by atoms with Crippen molar-refractivity contribution in [1.29, 1.82) is 0 Å². The van der Waals surface area contributed by atoms with Gasteiger partial charge in [-0.1, -0.05) is 12.1 Å². The van der Waals surface area contributed by atoms with E-state index in [1.165, 1.54) is 30.9 Å². The second kappa shape index (κ2) is 9.52. The Kier molecular flexibility index (Phi) is 6.55. The van der Waals surface area contributed by atoms with Crippen molar-refractivity contribution in [3.8, 4) is 11.5 Å². The number of hydrogen-bond acceptors (Lipinski definition) is 6. The Morgan fingerprint density at radius 3 is 2.38 bits per heavy atom. The molecule has 2 aromatic rings. The smallest absolute Gasteiger partial charge is 0.250 e. The predicted octanol–water partition coefficient (Wildman–Crippen LogP) is 2.77. The van der Waals surface area contributed by atoms with E-state index in [4.69, 9.17) is 9.47 Å². The van der Waals surface area contributed by atoms with Gasteiger partial charge in [-0.3, -0.25) is 14.4 Å². The van der Waals surface area contributed by atoms with Gasteiger partial charge in [0.05, 0.1) is 19.9 Å². The van der Waals surface area contributed by atoms with Crippen LogP contribution < -0.4 is 19.7 Å². The molecule has 3 amide bonds. The molecule has 2 aliphatic heterocycles. The molecule has 2 heterocycles. The van der Waals surface area contributed by atoms with Crippen LogP contribution in [-0.2, 0) is 14.4 Å². The molecule has 8 nitrogen and oxygen atoms in total. The van der Waals surface area contributed by atoms with Gasteiger partial charge in [-0.05, 0) is 25.0 Å². The largest absolute Gasteiger partial charge is 0.497 e. The first kappa shape index (κ1) is 22.0. The van der Waals surface area contributed by atoms with Crippen LogP contribution >= 0.6 is 11.8 Å². The molecular formula is C23H25N3O5S. The lowest BCUT2D eigenvalue weighted by Crippen LogP contribution is -2.51. The van der Waals surface area contributed by atoms with E-state index in [0.29, 0.717) is 36.0 Å². The zero-order valence-electron chi connectivity index (χ0n) is 18.0. The molecule has 0 spiro atoms. The molecule has 4 rings (SSSR count). The van der Waals surface area contributed by atoms with Gasteiger partial charge < -0.3 is 24.6 Å². The highest BCUT2D eigenvalue weighted by Gasteiger charge is 2.41. The molecule has 0 bridgehead atoms. The molecule has 1 saturated heterocycles. The molecule has 2 aliphatic rings. The first-order valence-corrected chi connectivity index (χ1v) is 11.3.